The third-order valence-electron chi connectivity index (χ3n) is 2.69. The molecule has 0 bridgehead atoms. The van der Waals surface area contributed by atoms with Crippen LogP contribution in [-0.2, 0) is 6.42 Å². The third-order valence-corrected chi connectivity index (χ3v) is 4.94. The van der Waals surface area contributed by atoms with E-state index in [1.165, 1.54) is 5.75 Å². The lowest BCUT2D eigenvalue weighted by Crippen LogP contribution is -2.30. The normalized spacial score (nSPS) is 13.0. The van der Waals surface area contributed by atoms with Crippen molar-refractivity contribution in [1.29, 1.82) is 0 Å². The molecule has 0 spiro atoms. The van der Waals surface area contributed by atoms with E-state index in [2.05, 4.69) is 19.2 Å². The van der Waals surface area contributed by atoms with Gasteiger partial charge in [0.05, 0.1) is 0 Å². The molecule has 0 radical (unpaired) electrons. The largest absolute Gasteiger partial charge is 0.316 e. The van der Waals surface area contributed by atoms with Crippen molar-refractivity contribution in [2.45, 2.75) is 26.3 Å². The van der Waals surface area contributed by atoms with Crippen molar-refractivity contribution >= 4 is 35.0 Å². The molecule has 0 aliphatic heterocycles. The van der Waals surface area contributed by atoms with E-state index in [-0.39, 0.29) is 0 Å². The summed E-state index contributed by atoms with van der Waals surface area (Å²) >= 11 is 14.4. The minimum absolute atomic E-state index is 0.408. The Morgan fingerprint density at radius 1 is 1.17 bits per heavy atom. The van der Waals surface area contributed by atoms with Gasteiger partial charge in [-0.05, 0) is 42.8 Å². The molecule has 1 aromatic rings. The van der Waals surface area contributed by atoms with Gasteiger partial charge in [-0.3, -0.25) is 0 Å². The van der Waals surface area contributed by atoms with E-state index in [0.29, 0.717) is 6.04 Å². The highest BCUT2D eigenvalue weighted by Gasteiger charge is 2.13. The van der Waals surface area contributed by atoms with Crippen LogP contribution in [0, 0.1) is 5.92 Å². The van der Waals surface area contributed by atoms with Crippen molar-refractivity contribution in [2.24, 2.45) is 5.92 Å². The first-order valence-electron chi connectivity index (χ1n) is 6.22. The van der Waals surface area contributed by atoms with E-state index in [1.807, 2.05) is 37.0 Å². The standard InChI is InChI=1S/C14H21Cl2NS/c1-10(2)8-18-9-11(17-3)7-12-13(15)5-4-6-14(12)16/h4-6,10-11,17H,7-9H2,1-3H3. The number of nitrogens with one attached hydrogen (secondary N) is 1. The van der Waals surface area contributed by atoms with Crippen LogP contribution >= 0.6 is 35.0 Å². The second-order valence-electron chi connectivity index (χ2n) is 4.82. The van der Waals surface area contributed by atoms with Crippen LogP contribution in [0.3, 0.4) is 0 Å². The fraction of sp³-hybridized carbons (Fsp3) is 0.571. The Labute approximate surface area is 125 Å². The number of hydrogen-bond donors (Lipinski definition) is 1. The predicted octanol–water partition coefficient (Wildman–Crippen LogP) is 4.51. The molecule has 1 rings (SSSR count). The topological polar surface area (TPSA) is 12.0 Å². The van der Waals surface area contributed by atoms with Gasteiger partial charge in [-0.25, -0.2) is 0 Å². The van der Waals surface area contributed by atoms with Crippen LogP contribution in [0.25, 0.3) is 0 Å². The maximum absolute atomic E-state index is 6.20. The first kappa shape index (κ1) is 16.2. The average Bonchev–Trinajstić information content (AvgIpc) is 2.31. The zero-order chi connectivity index (χ0) is 13.5. The molecule has 0 aliphatic carbocycles. The Kier molecular flexibility index (Phi) is 7.47. The SMILES string of the molecule is CNC(CSCC(C)C)Cc1c(Cl)cccc1Cl. The van der Waals surface area contributed by atoms with Crippen molar-refractivity contribution < 1.29 is 0 Å². The van der Waals surface area contributed by atoms with Crippen molar-refractivity contribution in [3.05, 3.63) is 33.8 Å². The van der Waals surface area contributed by atoms with Crippen LogP contribution < -0.4 is 5.32 Å². The summed E-state index contributed by atoms with van der Waals surface area (Å²) in [5.41, 5.74) is 1.05. The summed E-state index contributed by atoms with van der Waals surface area (Å²) in [5, 5.41) is 4.86. The smallest absolute Gasteiger partial charge is 0.0453 e. The monoisotopic (exact) mass is 305 g/mol. The third kappa shape index (κ3) is 5.40. The van der Waals surface area contributed by atoms with E-state index < -0.39 is 0 Å². The molecule has 0 aromatic heterocycles. The van der Waals surface area contributed by atoms with Gasteiger partial charge in [0.25, 0.3) is 0 Å². The molecule has 102 valence electrons. The summed E-state index contributed by atoms with van der Waals surface area (Å²) in [6.45, 7) is 4.48. The van der Waals surface area contributed by atoms with Gasteiger partial charge in [-0.15, -0.1) is 0 Å². The van der Waals surface area contributed by atoms with Gasteiger partial charge in [0.1, 0.15) is 0 Å². The number of rotatable bonds is 7. The maximum atomic E-state index is 6.20. The van der Waals surface area contributed by atoms with E-state index in [4.69, 9.17) is 23.2 Å². The first-order valence-corrected chi connectivity index (χ1v) is 8.13. The van der Waals surface area contributed by atoms with Crippen molar-refractivity contribution in [3.8, 4) is 0 Å². The summed E-state index contributed by atoms with van der Waals surface area (Å²) in [6.07, 6.45) is 0.875. The summed E-state index contributed by atoms with van der Waals surface area (Å²) in [7, 11) is 1.99. The highest BCUT2D eigenvalue weighted by atomic mass is 35.5. The van der Waals surface area contributed by atoms with Gasteiger partial charge in [-0.1, -0.05) is 43.1 Å². The Morgan fingerprint density at radius 3 is 2.28 bits per heavy atom. The van der Waals surface area contributed by atoms with Crippen molar-refractivity contribution in [2.75, 3.05) is 18.6 Å². The molecular formula is C14H21Cl2NS. The predicted molar refractivity (Wildman–Crippen MR) is 85.2 cm³/mol. The molecule has 0 aliphatic rings. The van der Waals surface area contributed by atoms with Crippen molar-refractivity contribution in [3.63, 3.8) is 0 Å². The molecule has 0 heterocycles. The number of benzene rings is 1. The lowest BCUT2D eigenvalue weighted by atomic mass is 10.1. The van der Waals surface area contributed by atoms with E-state index >= 15 is 0 Å². The van der Waals surface area contributed by atoms with E-state index in [0.717, 1.165) is 33.7 Å². The highest BCUT2D eigenvalue weighted by molar-refractivity contribution is 7.99. The second-order valence-corrected chi connectivity index (χ2v) is 6.71. The van der Waals surface area contributed by atoms with Gasteiger partial charge >= 0.3 is 0 Å². The summed E-state index contributed by atoms with van der Waals surface area (Å²) in [4.78, 5) is 0. The van der Waals surface area contributed by atoms with Crippen molar-refractivity contribution in [1.82, 2.24) is 5.32 Å². The molecule has 4 heteroatoms. The average molecular weight is 306 g/mol. The molecule has 1 atom stereocenters. The zero-order valence-electron chi connectivity index (χ0n) is 11.2. The highest BCUT2D eigenvalue weighted by Crippen LogP contribution is 2.26. The Bertz CT molecular complexity index is 349. The molecule has 0 saturated carbocycles. The first-order chi connectivity index (χ1) is 8.54. The van der Waals surface area contributed by atoms with Crippen LogP contribution in [0.4, 0.5) is 0 Å². The number of likely N-dealkylation sites (N-methyl/N-ethyl adjacent to an activating group) is 1. The summed E-state index contributed by atoms with van der Waals surface area (Å²) in [6, 6.07) is 6.09. The minimum Gasteiger partial charge on any atom is -0.316 e. The fourth-order valence-corrected chi connectivity index (χ4v) is 3.39. The van der Waals surface area contributed by atoms with Crippen LogP contribution in [0.1, 0.15) is 19.4 Å². The molecule has 0 saturated heterocycles. The lowest BCUT2D eigenvalue weighted by Gasteiger charge is -2.18. The molecule has 0 amide bonds. The van der Waals surface area contributed by atoms with E-state index in [9.17, 15) is 0 Å². The zero-order valence-corrected chi connectivity index (χ0v) is 13.5. The molecule has 1 nitrogen and oxygen atoms in total. The van der Waals surface area contributed by atoms with Crippen LogP contribution in [-0.4, -0.2) is 24.6 Å². The van der Waals surface area contributed by atoms with Gasteiger partial charge in [-0.2, -0.15) is 11.8 Å². The summed E-state index contributed by atoms with van der Waals surface area (Å²) in [5.74, 6) is 3.00. The number of halogens is 2. The maximum Gasteiger partial charge on any atom is 0.0453 e. The van der Waals surface area contributed by atoms with Gasteiger partial charge in [0.2, 0.25) is 0 Å². The molecule has 18 heavy (non-hydrogen) atoms. The number of hydrogen-bond acceptors (Lipinski definition) is 2. The molecule has 1 N–H and O–H groups in total. The van der Waals surface area contributed by atoms with Gasteiger partial charge < -0.3 is 5.32 Å². The Balaban J connectivity index is 2.57. The number of thioether (sulfide) groups is 1. The Morgan fingerprint density at radius 2 is 1.78 bits per heavy atom. The van der Waals surface area contributed by atoms with E-state index in [1.54, 1.807) is 0 Å². The van der Waals surface area contributed by atoms with Crippen LogP contribution in [0.5, 0.6) is 0 Å². The molecule has 1 unspecified atom stereocenters. The molecule has 1 aromatic carbocycles. The molecule has 0 fully saturated rings. The van der Waals surface area contributed by atoms with Gasteiger partial charge in [0.15, 0.2) is 0 Å². The fourth-order valence-electron chi connectivity index (χ4n) is 1.66. The van der Waals surface area contributed by atoms with Crippen LogP contribution in [0.2, 0.25) is 10.0 Å². The Hall–Kier alpha value is 0.110. The summed E-state index contributed by atoms with van der Waals surface area (Å²) < 4.78 is 0. The molecular weight excluding hydrogens is 285 g/mol. The van der Waals surface area contributed by atoms with Gasteiger partial charge in [0, 0.05) is 21.8 Å². The quantitative estimate of drug-likeness (QED) is 0.795. The van der Waals surface area contributed by atoms with Crippen LogP contribution in [0.15, 0.2) is 18.2 Å². The second kappa shape index (κ2) is 8.31. The lowest BCUT2D eigenvalue weighted by molar-refractivity contribution is 0.616. The minimum atomic E-state index is 0.408.